The highest BCUT2D eigenvalue weighted by molar-refractivity contribution is 5.79. The fourth-order valence-electron chi connectivity index (χ4n) is 2.01. The highest BCUT2D eigenvalue weighted by Crippen LogP contribution is 2.14. The maximum Gasteiger partial charge on any atom is 0.222 e. The molecule has 0 atom stereocenters. The van der Waals surface area contributed by atoms with Crippen molar-refractivity contribution < 1.29 is 0 Å². The van der Waals surface area contributed by atoms with Crippen LogP contribution in [-0.4, -0.2) is 21.1 Å². The van der Waals surface area contributed by atoms with E-state index in [0.717, 1.165) is 13.1 Å². The van der Waals surface area contributed by atoms with Crippen LogP contribution in [0, 0.1) is 0 Å². The maximum absolute atomic E-state index is 4.13. The summed E-state index contributed by atoms with van der Waals surface area (Å²) in [6.45, 7) is 1.70. The molecule has 2 aromatic heterocycles. The summed E-state index contributed by atoms with van der Waals surface area (Å²) in [7, 11) is 0. The number of benzene rings is 1. The second kappa shape index (κ2) is 4.87. The molecule has 2 heterocycles. The van der Waals surface area contributed by atoms with Gasteiger partial charge in [-0.3, -0.25) is 0 Å². The van der Waals surface area contributed by atoms with Crippen molar-refractivity contribution in [3.05, 3.63) is 55.0 Å². The first kappa shape index (κ1) is 10.8. The molecule has 1 aromatic carbocycles. The van der Waals surface area contributed by atoms with Crippen LogP contribution in [0.2, 0.25) is 0 Å². The van der Waals surface area contributed by atoms with Gasteiger partial charge in [0, 0.05) is 37.2 Å². The Hall–Kier alpha value is -2.36. The molecule has 0 saturated carbocycles. The summed E-state index contributed by atoms with van der Waals surface area (Å²) in [5.74, 6) is 0.675. The van der Waals surface area contributed by atoms with E-state index in [2.05, 4.69) is 56.4 Å². The molecular formula is C14H14N4. The van der Waals surface area contributed by atoms with Crippen LogP contribution in [0.4, 0.5) is 5.95 Å². The van der Waals surface area contributed by atoms with Crippen LogP contribution in [0.5, 0.6) is 0 Å². The Morgan fingerprint density at radius 3 is 2.72 bits per heavy atom. The number of nitrogens with zero attached hydrogens (tertiary/aromatic N) is 3. The van der Waals surface area contributed by atoms with Crippen molar-refractivity contribution in [3.63, 3.8) is 0 Å². The summed E-state index contributed by atoms with van der Waals surface area (Å²) in [6.07, 6.45) is 5.58. The Morgan fingerprint density at radius 1 is 1.00 bits per heavy atom. The van der Waals surface area contributed by atoms with Crippen LogP contribution in [0.3, 0.4) is 0 Å². The van der Waals surface area contributed by atoms with E-state index in [1.54, 1.807) is 12.4 Å². The lowest BCUT2D eigenvalue weighted by Crippen LogP contribution is -2.11. The summed E-state index contributed by atoms with van der Waals surface area (Å²) in [5.41, 5.74) is 1.26. The van der Waals surface area contributed by atoms with E-state index in [0.29, 0.717) is 5.95 Å². The minimum atomic E-state index is 0.675. The van der Waals surface area contributed by atoms with E-state index in [9.17, 15) is 0 Å². The summed E-state index contributed by atoms with van der Waals surface area (Å²) < 4.78 is 2.23. The summed E-state index contributed by atoms with van der Waals surface area (Å²) >= 11 is 0. The molecule has 0 spiro atoms. The molecule has 0 amide bonds. The van der Waals surface area contributed by atoms with Gasteiger partial charge in [0.2, 0.25) is 5.95 Å². The minimum absolute atomic E-state index is 0.675. The molecule has 4 nitrogen and oxygen atoms in total. The third-order valence-electron chi connectivity index (χ3n) is 2.88. The van der Waals surface area contributed by atoms with Gasteiger partial charge in [-0.15, -0.1) is 0 Å². The van der Waals surface area contributed by atoms with Crippen LogP contribution in [-0.2, 0) is 6.54 Å². The summed E-state index contributed by atoms with van der Waals surface area (Å²) in [4.78, 5) is 8.26. The zero-order chi connectivity index (χ0) is 12.2. The van der Waals surface area contributed by atoms with E-state index in [-0.39, 0.29) is 0 Å². The molecule has 0 aliphatic heterocycles. The normalized spacial score (nSPS) is 10.7. The average Bonchev–Trinajstić information content (AvgIpc) is 2.84. The average molecular weight is 238 g/mol. The number of para-hydroxylation sites is 1. The van der Waals surface area contributed by atoms with Crippen molar-refractivity contribution in [3.8, 4) is 0 Å². The van der Waals surface area contributed by atoms with E-state index in [1.807, 2.05) is 6.07 Å². The van der Waals surface area contributed by atoms with Crippen molar-refractivity contribution >= 4 is 16.9 Å². The van der Waals surface area contributed by atoms with Gasteiger partial charge in [0.05, 0.1) is 0 Å². The number of fused-ring (bicyclic) bond motifs is 1. The number of aromatic nitrogens is 3. The Balaban J connectivity index is 1.67. The molecule has 90 valence electrons. The Labute approximate surface area is 105 Å². The zero-order valence-electron chi connectivity index (χ0n) is 9.95. The predicted molar refractivity (Wildman–Crippen MR) is 72.5 cm³/mol. The lowest BCUT2D eigenvalue weighted by molar-refractivity contribution is 0.752. The number of nitrogens with one attached hydrogen (secondary N) is 1. The third kappa shape index (κ3) is 2.18. The largest absolute Gasteiger partial charge is 0.352 e. The predicted octanol–water partition coefficient (Wildman–Crippen LogP) is 2.54. The summed E-state index contributed by atoms with van der Waals surface area (Å²) in [5, 5.41) is 4.48. The highest BCUT2D eigenvalue weighted by atomic mass is 15.1. The van der Waals surface area contributed by atoms with Crippen LogP contribution < -0.4 is 5.32 Å². The molecule has 1 N–H and O–H groups in total. The molecule has 0 aliphatic carbocycles. The Kier molecular flexibility index (Phi) is 2.92. The first-order chi connectivity index (χ1) is 8.93. The maximum atomic E-state index is 4.13. The van der Waals surface area contributed by atoms with Gasteiger partial charge in [-0.1, -0.05) is 18.2 Å². The minimum Gasteiger partial charge on any atom is -0.352 e. The number of anilines is 1. The van der Waals surface area contributed by atoms with E-state index < -0.39 is 0 Å². The first-order valence-electron chi connectivity index (χ1n) is 5.98. The van der Waals surface area contributed by atoms with Gasteiger partial charge in [0.1, 0.15) is 0 Å². The molecule has 3 rings (SSSR count). The standard InChI is InChI=1S/C14H14N4/c1-2-5-13-12(4-1)6-10-18(13)11-9-17-14-15-7-3-8-16-14/h1-8,10H,9,11H2,(H,15,16,17). The number of rotatable bonds is 4. The topological polar surface area (TPSA) is 42.7 Å². The molecule has 0 bridgehead atoms. The highest BCUT2D eigenvalue weighted by Gasteiger charge is 1.99. The van der Waals surface area contributed by atoms with Gasteiger partial charge in [-0.2, -0.15) is 0 Å². The van der Waals surface area contributed by atoms with Gasteiger partial charge in [0.15, 0.2) is 0 Å². The van der Waals surface area contributed by atoms with Crippen molar-refractivity contribution in [1.82, 2.24) is 14.5 Å². The SMILES string of the molecule is c1cnc(NCCn2ccc3ccccc32)nc1. The van der Waals surface area contributed by atoms with Crippen molar-refractivity contribution in [2.45, 2.75) is 6.54 Å². The van der Waals surface area contributed by atoms with Crippen LogP contribution in [0.1, 0.15) is 0 Å². The fourth-order valence-corrected chi connectivity index (χ4v) is 2.01. The zero-order valence-corrected chi connectivity index (χ0v) is 9.95. The van der Waals surface area contributed by atoms with E-state index >= 15 is 0 Å². The van der Waals surface area contributed by atoms with Gasteiger partial charge >= 0.3 is 0 Å². The molecule has 0 saturated heterocycles. The number of hydrogen-bond donors (Lipinski definition) is 1. The molecular weight excluding hydrogens is 224 g/mol. The van der Waals surface area contributed by atoms with E-state index in [4.69, 9.17) is 0 Å². The Bertz CT molecular complexity index is 630. The van der Waals surface area contributed by atoms with Gasteiger partial charge < -0.3 is 9.88 Å². The second-order valence-electron chi connectivity index (χ2n) is 4.07. The lowest BCUT2D eigenvalue weighted by atomic mass is 10.2. The molecule has 0 radical (unpaired) electrons. The number of hydrogen-bond acceptors (Lipinski definition) is 3. The van der Waals surface area contributed by atoms with Gasteiger partial charge in [-0.25, -0.2) is 9.97 Å². The van der Waals surface area contributed by atoms with Crippen molar-refractivity contribution in [1.29, 1.82) is 0 Å². The summed E-state index contributed by atoms with van der Waals surface area (Å²) in [6, 6.07) is 12.3. The quantitative estimate of drug-likeness (QED) is 0.759. The van der Waals surface area contributed by atoms with Gasteiger partial charge in [-0.05, 0) is 23.6 Å². The molecule has 0 fully saturated rings. The smallest absolute Gasteiger partial charge is 0.222 e. The molecule has 4 heteroatoms. The monoisotopic (exact) mass is 238 g/mol. The van der Waals surface area contributed by atoms with Crippen LogP contribution in [0.15, 0.2) is 55.0 Å². The first-order valence-corrected chi connectivity index (χ1v) is 5.98. The molecule has 18 heavy (non-hydrogen) atoms. The second-order valence-corrected chi connectivity index (χ2v) is 4.07. The molecule has 3 aromatic rings. The fraction of sp³-hybridized carbons (Fsp3) is 0.143. The van der Waals surface area contributed by atoms with Crippen molar-refractivity contribution in [2.24, 2.45) is 0 Å². The van der Waals surface area contributed by atoms with Gasteiger partial charge in [0.25, 0.3) is 0 Å². The third-order valence-corrected chi connectivity index (χ3v) is 2.88. The lowest BCUT2D eigenvalue weighted by Gasteiger charge is -2.06. The van der Waals surface area contributed by atoms with Crippen LogP contribution in [0.25, 0.3) is 10.9 Å². The molecule has 0 aliphatic rings. The molecule has 0 unspecified atom stereocenters. The van der Waals surface area contributed by atoms with Crippen LogP contribution >= 0.6 is 0 Å². The van der Waals surface area contributed by atoms with Crippen molar-refractivity contribution in [2.75, 3.05) is 11.9 Å². The van der Waals surface area contributed by atoms with E-state index in [1.165, 1.54) is 10.9 Å². The Morgan fingerprint density at radius 2 is 1.83 bits per heavy atom.